The van der Waals surface area contributed by atoms with Crippen LogP contribution < -0.4 is 14.8 Å². The summed E-state index contributed by atoms with van der Waals surface area (Å²) in [5.41, 5.74) is 1.74. The van der Waals surface area contributed by atoms with Gasteiger partial charge >= 0.3 is 0 Å². The molecule has 0 saturated carbocycles. The molecule has 8 nitrogen and oxygen atoms in total. The van der Waals surface area contributed by atoms with E-state index in [1.165, 1.54) is 18.2 Å². The molecule has 0 fully saturated rings. The van der Waals surface area contributed by atoms with Gasteiger partial charge in [-0.25, -0.2) is 0 Å². The molecular formula is C28H21N3O5. The van der Waals surface area contributed by atoms with Crippen LogP contribution in [0.2, 0.25) is 0 Å². The molecule has 0 aromatic heterocycles. The Balaban J connectivity index is 1.64. The van der Waals surface area contributed by atoms with Gasteiger partial charge in [-0.15, -0.1) is 0 Å². The van der Waals surface area contributed by atoms with Gasteiger partial charge in [0.2, 0.25) is 0 Å². The van der Waals surface area contributed by atoms with Crippen molar-refractivity contribution < 1.29 is 19.2 Å². The highest BCUT2D eigenvalue weighted by Gasteiger charge is 2.14. The Morgan fingerprint density at radius 2 is 1.75 bits per heavy atom. The number of nitriles is 1. The van der Waals surface area contributed by atoms with Gasteiger partial charge in [-0.05, 0) is 64.9 Å². The van der Waals surface area contributed by atoms with Crippen molar-refractivity contribution in [2.75, 3.05) is 12.4 Å². The van der Waals surface area contributed by atoms with Crippen LogP contribution in [0, 0.1) is 21.4 Å². The van der Waals surface area contributed by atoms with Crippen LogP contribution in [0.5, 0.6) is 11.5 Å². The smallest absolute Gasteiger partial charge is 0.269 e. The van der Waals surface area contributed by atoms with E-state index in [-0.39, 0.29) is 17.9 Å². The van der Waals surface area contributed by atoms with E-state index >= 15 is 0 Å². The van der Waals surface area contributed by atoms with Gasteiger partial charge in [0.05, 0.1) is 12.0 Å². The van der Waals surface area contributed by atoms with Gasteiger partial charge in [0.1, 0.15) is 29.7 Å². The largest absolute Gasteiger partial charge is 0.497 e. The van der Waals surface area contributed by atoms with Gasteiger partial charge in [0.15, 0.2) is 0 Å². The standard InChI is InChI=1S/C28H21N3O5/c1-35-24-13-9-22(10-14-24)30-28(32)21(17-29)16-26-25-5-3-2-4-20(25)8-15-27(26)36-18-19-6-11-23(12-7-19)31(33)34/h2-16H,18H2,1H3,(H,30,32)/b21-16+. The van der Waals surface area contributed by atoms with Crippen LogP contribution in [0.15, 0.2) is 90.5 Å². The molecule has 0 bridgehead atoms. The third-order valence-corrected chi connectivity index (χ3v) is 5.47. The van der Waals surface area contributed by atoms with Crippen LogP contribution in [-0.4, -0.2) is 17.9 Å². The first kappa shape index (κ1) is 24.0. The number of ether oxygens (including phenoxy) is 2. The summed E-state index contributed by atoms with van der Waals surface area (Å²) in [6, 6.07) is 26.1. The molecule has 8 heteroatoms. The number of carbonyl (C=O) groups is 1. The van der Waals surface area contributed by atoms with E-state index < -0.39 is 10.8 Å². The summed E-state index contributed by atoms with van der Waals surface area (Å²) >= 11 is 0. The molecule has 4 rings (SSSR count). The van der Waals surface area contributed by atoms with E-state index in [0.29, 0.717) is 22.7 Å². The average Bonchev–Trinajstić information content (AvgIpc) is 2.91. The third kappa shape index (κ3) is 5.48. The average molecular weight is 479 g/mol. The van der Waals surface area contributed by atoms with Crippen molar-refractivity contribution in [1.29, 1.82) is 5.26 Å². The monoisotopic (exact) mass is 479 g/mol. The number of nitrogens with one attached hydrogen (secondary N) is 1. The third-order valence-electron chi connectivity index (χ3n) is 5.47. The SMILES string of the molecule is COc1ccc(NC(=O)/C(C#N)=C/c2c(OCc3ccc([N+](=O)[O-])cc3)ccc3ccccc23)cc1. The Labute approximate surface area is 207 Å². The van der Waals surface area contributed by atoms with Gasteiger partial charge in [0, 0.05) is 23.4 Å². The molecule has 1 amide bonds. The highest BCUT2D eigenvalue weighted by atomic mass is 16.6. The number of fused-ring (bicyclic) bond motifs is 1. The zero-order valence-electron chi connectivity index (χ0n) is 19.3. The Kier molecular flexibility index (Phi) is 7.22. The number of nitro groups is 1. The number of nitrogens with zero attached hydrogens (tertiary/aromatic N) is 2. The first-order chi connectivity index (χ1) is 17.5. The molecule has 0 unspecified atom stereocenters. The number of carbonyl (C=O) groups excluding carboxylic acids is 1. The number of non-ortho nitro benzene ring substituents is 1. The lowest BCUT2D eigenvalue weighted by Gasteiger charge is -2.13. The van der Waals surface area contributed by atoms with Gasteiger partial charge < -0.3 is 14.8 Å². The van der Waals surface area contributed by atoms with Crippen LogP contribution in [0.4, 0.5) is 11.4 Å². The minimum atomic E-state index is -0.558. The molecule has 0 radical (unpaired) electrons. The molecular weight excluding hydrogens is 458 g/mol. The van der Waals surface area contributed by atoms with Crippen molar-refractivity contribution in [2.24, 2.45) is 0 Å². The molecule has 0 spiro atoms. The molecule has 0 heterocycles. The minimum Gasteiger partial charge on any atom is -0.497 e. The van der Waals surface area contributed by atoms with Crippen LogP contribution in [0.1, 0.15) is 11.1 Å². The lowest BCUT2D eigenvalue weighted by molar-refractivity contribution is -0.384. The Morgan fingerprint density at radius 3 is 2.42 bits per heavy atom. The maximum Gasteiger partial charge on any atom is 0.269 e. The van der Waals surface area contributed by atoms with Crippen molar-refractivity contribution in [3.05, 3.63) is 112 Å². The molecule has 4 aromatic rings. The number of rotatable bonds is 8. The summed E-state index contributed by atoms with van der Waals surface area (Å²) in [5, 5.41) is 25.1. The number of hydrogen-bond acceptors (Lipinski definition) is 6. The van der Waals surface area contributed by atoms with E-state index in [9.17, 15) is 20.2 Å². The van der Waals surface area contributed by atoms with Crippen LogP contribution in [0.3, 0.4) is 0 Å². The van der Waals surface area contributed by atoms with E-state index in [0.717, 1.165) is 16.3 Å². The van der Waals surface area contributed by atoms with Crippen molar-refractivity contribution in [2.45, 2.75) is 6.61 Å². The van der Waals surface area contributed by atoms with Crippen molar-refractivity contribution in [3.8, 4) is 17.6 Å². The van der Waals surface area contributed by atoms with E-state index in [2.05, 4.69) is 5.32 Å². The topological polar surface area (TPSA) is 114 Å². The summed E-state index contributed by atoms with van der Waals surface area (Å²) < 4.78 is 11.2. The number of methoxy groups -OCH3 is 1. The summed E-state index contributed by atoms with van der Waals surface area (Å²) in [6.45, 7) is 0.150. The highest BCUT2D eigenvalue weighted by Crippen LogP contribution is 2.31. The molecule has 4 aromatic carbocycles. The Morgan fingerprint density at radius 1 is 1.03 bits per heavy atom. The van der Waals surface area contributed by atoms with Crippen molar-refractivity contribution in [3.63, 3.8) is 0 Å². The fourth-order valence-corrected chi connectivity index (χ4v) is 3.59. The molecule has 178 valence electrons. The number of amides is 1. The second-order valence-corrected chi connectivity index (χ2v) is 7.76. The zero-order valence-corrected chi connectivity index (χ0v) is 19.3. The highest BCUT2D eigenvalue weighted by molar-refractivity contribution is 6.11. The van der Waals surface area contributed by atoms with Gasteiger partial charge in [-0.3, -0.25) is 14.9 Å². The molecule has 1 N–H and O–H groups in total. The molecule has 0 aliphatic carbocycles. The first-order valence-corrected chi connectivity index (χ1v) is 10.9. The summed E-state index contributed by atoms with van der Waals surface area (Å²) in [4.78, 5) is 23.3. The quantitative estimate of drug-likeness (QED) is 0.146. The summed E-state index contributed by atoms with van der Waals surface area (Å²) in [5.74, 6) is 0.559. The van der Waals surface area contributed by atoms with Gasteiger partial charge in [0.25, 0.3) is 11.6 Å². The number of anilines is 1. The molecule has 0 aliphatic heterocycles. The molecule has 0 saturated heterocycles. The van der Waals surface area contributed by atoms with Gasteiger partial charge in [-0.1, -0.05) is 30.3 Å². The van der Waals surface area contributed by atoms with Crippen LogP contribution >= 0.6 is 0 Å². The fraction of sp³-hybridized carbons (Fsp3) is 0.0714. The van der Waals surface area contributed by atoms with Crippen LogP contribution in [0.25, 0.3) is 16.8 Å². The molecule has 0 atom stereocenters. The normalized spacial score (nSPS) is 10.9. The lowest BCUT2D eigenvalue weighted by atomic mass is 10.0. The van der Waals surface area contributed by atoms with Gasteiger partial charge in [-0.2, -0.15) is 5.26 Å². The molecule has 36 heavy (non-hydrogen) atoms. The maximum absolute atomic E-state index is 12.9. The van der Waals surface area contributed by atoms with Crippen molar-refractivity contribution in [1.82, 2.24) is 0 Å². The van der Waals surface area contributed by atoms with E-state index in [4.69, 9.17) is 9.47 Å². The second-order valence-electron chi connectivity index (χ2n) is 7.76. The summed E-state index contributed by atoms with van der Waals surface area (Å²) in [6.07, 6.45) is 1.51. The molecule has 0 aliphatic rings. The second kappa shape index (κ2) is 10.8. The van der Waals surface area contributed by atoms with E-state index in [1.54, 1.807) is 49.6 Å². The number of benzene rings is 4. The van der Waals surface area contributed by atoms with Crippen LogP contribution in [-0.2, 0) is 11.4 Å². The Hall–Kier alpha value is -5.16. The maximum atomic E-state index is 12.9. The number of hydrogen-bond donors (Lipinski definition) is 1. The zero-order chi connectivity index (χ0) is 25.5. The minimum absolute atomic E-state index is 0.00499. The first-order valence-electron chi connectivity index (χ1n) is 10.9. The van der Waals surface area contributed by atoms with Crippen molar-refractivity contribution >= 4 is 34.1 Å². The predicted octanol–water partition coefficient (Wildman–Crippen LogP) is 5.88. The number of nitro benzene ring substituents is 1. The lowest BCUT2D eigenvalue weighted by Crippen LogP contribution is -2.13. The Bertz CT molecular complexity index is 1490. The fourth-order valence-electron chi connectivity index (χ4n) is 3.59. The van der Waals surface area contributed by atoms with E-state index in [1.807, 2.05) is 36.4 Å². The summed E-state index contributed by atoms with van der Waals surface area (Å²) in [7, 11) is 1.55. The predicted molar refractivity (Wildman–Crippen MR) is 137 cm³/mol.